The highest BCUT2D eigenvalue weighted by Crippen LogP contribution is 2.33. The van der Waals surface area contributed by atoms with E-state index >= 15 is 0 Å². The van der Waals surface area contributed by atoms with Crippen molar-refractivity contribution in [1.82, 2.24) is 14.9 Å². The highest BCUT2D eigenvalue weighted by atomic mass is 32.1. The highest BCUT2D eigenvalue weighted by Gasteiger charge is 2.26. The molecule has 1 saturated heterocycles. The van der Waals surface area contributed by atoms with Crippen LogP contribution in [0.5, 0.6) is 6.01 Å². The number of amides is 1. The number of aliphatic hydroxyl groups excluding tert-OH is 2. The zero-order chi connectivity index (χ0) is 27.4. The predicted molar refractivity (Wildman–Crippen MR) is 150 cm³/mol. The Morgan fingerprint density at radius 1 is 0.974 bits per heavy atom. The smallest absolute Gasteiger partial charge is 0.319 e. The number of anilines is 1. The molecule has 39 heavy (non-hydrogen) atoms. The first-order chi connectivity index (χ1) is 19.0. The van der Waals surface area contributed by atoms with E-state index in [9.17, 15) is 14.7 Å². The summed E-state index contributed by atoms with van der Waals surface area (Å²) in [5, 5.41) is 19.7. The number of hydrogen-bond donors (Lipinski definition) is 2. The molecule has 1 atom stereocenters. The monoisotopic (exact) mass is 546 g/mol. The molecule has 9 nitrogen and oxygen atoms in total. The number of ketones is 1. The van der Waals surface area contributed by atoms with Crippen LogP contribution in [0.15, 0.2) is 60.7 Å². The van der Waals surface area contributed by atoms with Crippen molar-refractivity contribution in [3.8, 4) is 6.01 Å². The Morgan fingerprint density at radius 2 is 1.69 bits per heavy atom. The van der Waals surface area contributed by atoms with Gasteiger partial charge in [-0.1, -0.05) is 49.4 Å². The first-order valence-electron chi connectivity index (χ1n) is 12.9. The molecule has 2 aromatic heterocycles. The SMILES string of the molecule is CCc1cc2c(N3CCN(C(=O)c4cccc(C(=O)c5ccccc5)c4)CC3)nc(OC[C@H](O)CO)nc2s1. The molecule has 1 aliphatic rings. The van der Waals surface area contributed by atoms with Crippen molar-refractivity contribution in [2.24, 2.45) is 0 Å². The lowest BCUT2D eigenvalue weighted by Gasteiger charge is -2.35. The van der Waals surface area contributed by atoms with E-state index in [1.165, 1.54) is 4.88 Å². The number of ether oxygens (including phenoxy) is 1. The Bertz CT molecular complexity index is 1470. The van der Waals surface area contributed by atoms with Crippen molar-refractivity contribution in [2.45, 2.75) is 19.4 Å². The molecule has 0 saturated carbocycles. The number of nitrogens with zero attached hydrogens (tertiary/aromatic N) is 4. The number of piperazine rings is 1. The molecule has 3 heterocycles. The molecule has 202 valence electrons. The Kier molecular flexibility index (Phi) is 8.16. The molecule has 0 unspecified atom stereocenters. The number of aryl methyl sites for hydroxylation is 1. The van der Waals surface area contributed by atoms with Crippen LogP contribution in [0.4, 0.5) is 5.82 Å². The lowest BCUT2D eigenvalue weighted by molar-refractivity contribution is 0.0506. The summed E-state index contributed by atoms with van der Waals surface area (Å²) in [6.07, 6.45) is -0.146. The molecule has 4 aromatic rings. The number of fused-ring (bicyclic) bond motifs is 1. The van der Waals surface area contributed by atoms with Crippen LogP contribution < -0.4 is 9.64 Å². The summed E-state index contributed by atoms with van der Waals surface area (Å²) in [6, 6.07) is 18.2. The Labute approximate surface area is 230 Å². The fraction of sp³-hybridized carbons (Fsp3) is 0.310. The van der Waals surface area contributed by atoms with Crippen molar-refractivity contribution in [3.05, 3.63) is 82.2 Å². The molecular weight excluding hydrogens is 516 g/mol. The largest absolute Gasteiger partial charge is 0.461 e. The van der Waals surface area contributed by atoms with Crippen molar-refractivity contribution < 1.29 is 24.5 Å². The number of hydrogen-bond acceptors (Lipinski definition) is 9. The minimum atomic E-state index is -1.02. The second-order valence-corrected chi connectivity index (χ2v) is 10.4. The second-order valence-electron chi connectivity index (χ2n) is 9.32. The van der Waals surface area contributed by atoms with Gasteiger partial charge in [-0.05, 0) is 24.6 Å². The number of aromatic nitrogens is 2. The molecule has 0 radical (unpaired) electrons. The summed E-state index contributed by atoms with van der Waals surface area (Å²) < 4.78 is 5.58. The van der Waals surface area contributed by atoms with Gasteiger partial charge in [-0.15, -0.1) is 11.3 Å². The minimum Gasteiger partial charge on any atom is -0.461 e. The molecule has 0 aliphatic carbocycles. The van der Waals surface area contributed by atoms with Gasteiger partial charge in [0.05, 0.1) is 12.0 Å². The first kappa shape index (κ1) is 26.7. The Balaban J connectivity index is 1.31. The lowest BCUT2D eigenvalue weighted by Crippen LogP contribution is -2.49. The number of rotatable bonds is 9. The predicted octanol–water partition coefficient (Wildman–Crippen LogP) is 3.18. The van der Waals surface area contributed by atoms with Crippen LogP contribution in [0.25, 0.3) is 10.2 Å². The second kappa shape index (κ2) is 11.9. The van der Waals surface area contributed by atoms with Crippen LogP contribution in [0.3, 0.4) is 0 Å². The van der Waals surface area contributed by atoms with Gasteiger partial charge < -0.3 is 24.7 Å². The number of thiophene rings is 1. The van der Waals surface area contributed by atoms with Gasteiger partial charge in [0.25, 0.3) is 5.91 Å². The van der Waals surface area contributed by atoms with E-state index in [4.69, 9.17) is 9.84 Å². The average Bonchev–Trinajstić information content (AvgIpc) is 3.42. The molecule has 0 spiro atoms. The normalized spacial score (nSPS) is 14.4. The molecule has 1 fully saturated rings. The molecule has 10 heteroatoms. The quantitative estimate of drug-likeness (QED) is 0.308. The average molecular weight is 547 g/mol. The van der Waals surface area contributed by atoms with E-state index in [2.05, 4.69) is 27.9 Å². The van der Waals surface area contributed by atoms with Gasteiger partial charge in [-0.3, -0.25) is 9.59 Å². The van der Waals surface area contributed by atoms with Crippen LogP contribution >= 0.6 is 11.3 Å². The Hall–Kier alpha value is -3.86. The zero-order valence-corrected chi connectivity index (χ0v) is 22.4. The maximum Gasteiger partial charge on any atom is 0.319 e. The minimum absolute atomic E-state index is 0.110. The standard InChI is InChI=1S/C29H30N4O5S/c1-2-23-16-24-26(30-29(31-27(24)39-23)38-18-22(35)17-34)32-11-13-33(14-12-32)28(37)21-10-6-9-20(15-21)25(36)19-7-4-3-5-8-19/h3-10,15-16,22,34-35H,2,11-14,17-18H2,1H3/t22-/m1/s1. The summed E-state index contributed by atoms with van der Waals surface area (Å²) in [5.74, 6) is 0.498. The number of aliphatic hydroxyl groups is 2. The maximum absolute atomic E-state index is 13.3. The molecular formula is C29H30N4O5S. The van der Waals surface area contributed by atoms with Gasteiger partial charge in [0.15, 0.2) is 5.78 Å². The molecule has 0 bridgehead atoms. The fourth-order valence-corrected chi connectivity index (χ4v) is 5.45. The van der Waals surface area contributed by atoms with Crippen LogP contribution in [0, 0.1) is 0 Å². The van der Waals surface area contributed by atoms with Gasteiger partial charge in [-0.2, -0.15) is 9.97 Å². The first-order valence-corrected chi connectivity index (χ1v) is 13.7. The molecule has 2 N–H and O–H groups in total. The third-order valence-corrected chi connectivity index (χ3v) is 7.81. The third-order valence-electron chi connectivity index (χ3n) is 6.64. The van der Waals surface area contributed by atoms with E-state index in [-0.39, 0.29) is 24.3 Å². The summed E-state index contributed by atoms with van der Waals surface area (Å²) in [5.41, 5.74) is 1.55. The van der Waals surface area contributed by atoms with Crippen LogP contribution in [-0.2, 0) is 6.42 Å². The van der Waals surface area contributed by atoms with Gasteiger partial charge in [0.2, 0.25) is 0 Å². The summed E-state index contributed by atoms with van der Waals surface area (Å²) in [4.78, 5) is 41.2. The van der Waals surface area contributed by atoms with Crippen molar-refractivity contribution >= 4 is 39.1 Å². The van der Waals surface area contributed by atoms with Gasteiger partial charge >= 0.3 is 6.01 Å². The number of carbonyl (C=O) groups is 2. The summed E-state index contributed by atoms with van der Waals surface area (Å²) in [6.45, 7) is 3.68. The van der Waals surface area contributed by atoms with Crippen LogP contribution in [-0.4, -0.2) is 82.3 Å². The summed E-state index contributed by atoms with van der Waals surface area (Å²) >= 11 is 1.57. The van der Waals surface area contributed by atoms with Crippen LogP contribution in [0.1, 0.15) is 38.1 Å². The van der Waals surface area contributed by atoms with E-state index in [1.54, 1.807) is 52.6 Å². The Morgan fingerprint density at radius 3 is 2.41 bits per heavy atom. The van der Waals surface area contributed by atoms with Gasteiger partial charge in [0, 0.05) is 47.7 Å². The zero-order valence-electron chi connectivity index (χ0n) is 21.6. The maximum atomic E-state index is 13.3. The van der Waals surface area contributed by atoms with E-state index in [0.717, 1.165) is 22.5 Å². The lowest BCUT2D eigenvalue weighted by atomic mass is 10.0. The molecule has 1 amide bonds. The van der Waals surface area contributed by atoms with Crippen molar-refractivity contribution in [2.75, 3.05) is 44.3 Å². The molecule has 1 aliphatic heterocycles. The number of carbonyl (C=O) groups excluding carboxylic acids is 2. The molecule has 2 aromatic carbocycles. The van der Waals surface area contributed by atoms with E-state index in [0.29, 0.717) is 42.9 Å². The van der Waals surface area contributed by atoms with Crippen LogP contribution in [0.2, 0.25) is 0 Å². The highest BCUT2D eigenvalue weighted by molar-refractivity contribution is 7.18. The van der Waals surface area contributed by atoms with Crippen molar-refractivity contribution in [1.29, 1.82) is 0 Å². The molecule has 5 rings (SSSR count). The van der Waals surface area contributed by atoms with E-state index < -0.39 is 12.7 Å². The topological polar surface area (TPSA) is 116 Å². The van der Waals surface area contributed by atoms with E-state index in [1.807, 2.05) is 18.2 Å². The number of benzene rings is 2. The van der Waals surface area contributed by atoms with Gasteiger partial charge in [0.1, 0.15) is 23.4 Å². The third kappa shape index (κ3) is 5.93. The van der Waals surface area contributed by atoms with Gasteiger partial charge in [-0.25, -0.2) is 0 Å². The van der Waals surface area contributed by atoms with Crippen molar-refractivity contribution in [3.63, 3.8) is 0 Å². The summed E-state index contributed by atoms with van der Waals surface area (Å²) in [7, 11) is 0. The fourth-order valence-electron chi connectivity index (χ4n) is 4.49.